The van der Waals surface area contributed by atoms with E-state index in [1.54, 1.807) is 13.8 Å². The first-order valence-corrected chi connectivity index (χ1v) is 13.2. The van der Waals surface area contributed by atoms with Crippen molar-refractivity contribution in [1.29, 1.82) is 0 Å². The molecule has 1 aromatic heterocycles. The summed E-state index contributed by atoms with van der Waals surface area (Å²) in [6.45, 7) is 7.09. The molecule has 0 radical (unpaired) electrons. The van der Waals surface area contributed by atoms with Gasteiger partial charge in [0.25, 0.3) is 15.9 Å². The molecule has 29 heavy (non-hydrogen) atoms. The maximum Gasteiger partial charge on any atom is 0.306 e. The summed E-state index contributed by atoms with van der Waals surface area (Å²) in [5, 5.41) is 2.52. The standard InChI is InChI=1S/C17H26N2O7S3/c1-5-7-14(20)26-11(4)16(21)19-29(24,25)15-9-12-13(18-6-2)8-10(3)28(22,23)17(12)27-15/h9-11,13,18H,5-8H2,1-4H3,(H,19,21)/t10-,11?,13-/m0/s1. The summed E-state index contributed by atoms with van der Waals surface area (Å²) in [5.74, 6) is -1.60. The summed E-state index contributed by atoms with van der Waals surface area (Å²) >= 11 is 0.620. The van der Waals surface area contributed by atoms with E-state index >= 15 is 0 Å². The van der Waals surface area contributed by atoms with Gasteiger partial charge in [-0.2, -0.15) is 0 Å². The van der Waals surface area contributed by atoms with Gasteiger partial charge in [0, 0.05) is 18.0 Å². The summed E-state index contributed by atoms with van der Waals surface area (Å²) in [4.78, 5) is 23.7. The van der Waals surface area contributed by atoms with Gasteiger partial charge in [-0.25, -0.2) is 21.6 Å². The van der Waals surface area contributed by atoms with Crippen LogP contribution in [-0.4, -0.2) is 46.6 Å². The van der Waals surface area contributed by atoms with E-state index in [1.165, 1.54) is 13.0 Å². The predicted octanol–water partition coefficient (Wildman–Crippen LogP) is 1.50. The lowest BCUT2D eigenvalue weighted by Gasteiger charge is -2.27. The lowest BCUT2D eigenvalue weighted by molar-refractivity contribution is -0.154. The number of hydrogen-bond donors (Lipinski definition) is 2. The first kappa shape index (κ1) is 23.8. The van der Waals surface area contributed by atoms with Crippen molar-refractivity contribution in [3.05, 3.63) is 11.6 Å². The Hall–Kier alpha value is -1.50. The lowest BCUT2D eigenvalue weighted by atomic mass is 10.1. The number of thiophene rings is 1. The molecule has 0 saturated carbocycles. The Kier molecular flexibility index (Phi) is 7.47. The largest absolute Gasteiger partial charge is 0.453 e. The molecule has 0 aromatic carbocycles. The van der Waals surface area contributed by atoms with Gasteiger partial charge in [0.1, 0.15) is 8.42 Å². The molecule has 0 bridgehead atoms. The molecule has 1 aliphatic rings. The highest BCUT2D eigenvalue weighted by atomic mass is 32.3. The number of carbonyl (C=O) groups is 2. The van der Waals surface area contributed by atoms with E-state index in [9.17, 15) is 26.4 Å². The number of rotatable bonds is 8. The van der Waals surface area contributed by atoms with Crippen LogP contribution in [0.15, 0.2) is 14.5 Å². The average Bonchev–Trinajstić information content (AvgIpc) is 3.07. The van der Waals surface area contributed by atoms with E-state index in [4.69, 9.17) is 4.74 Å². The van der Waals surface area contributed by atoms with Crippen LogP contribution < -0.4 is 10.0 Å². The molecule has 1 aliphatic heterocycles. The zero-order valence-corrected chi connectivity index (χ0v) is 19.2. The smallest absolute Gasteiger partial charge is 0.306 e. The molecular formula is C17H26N2O7S3. The van der Waals surface area contributed by atoms with Crippen LogP contribution in [0.2, 0.25) is 0 Å². The second-order valence-electron chi connectivity index (χ2n) is 6.86. The number of hydrogen-bond acceptors (Lipinski definition) is 9. The molecule has 2 rings (SSSR count). The van der Waals surface area contributed by atoms with Crippen molar-refractivity contribution >= 4 is 43.1 Å². The van der Waals surface area contributed by atoms with E-state index in [0.29, 0.717) is 36.3 Å². The highest BCUT2D eigenvalue weighted by molar-refractivity contribution is 7.95. The van der Waals surface area contributed by atoms with Gasteiger partial charge >= 0.3 is 5.97 Å². The Morgan fingerprint density at radius 2 is 2.00 bits per heavy atom. The Morgan fingerprint density at radius 3 is 2.59 bits per heavy atom. The van der Waals surface area contributed by atoms with E-state index < -0.39 is 43.1 Å². The Balaban J connectivity index is 2.29. The number of sulfonamides is 1. The molecule has 12 heteroatoms. The molecule has 1 amide bonds. The Labute approximate surface area is 175 Å². The molecule has 0 aliphatic carbocycles. The fourth-order valence-electron chi connectivity index (χ4n) is 2.95. The molecule has 2 N–H and O–H groups in total. The highest BCUT2D eigenvalue weighted by Crippen LogP contribution is 2.42. The first-order chi connectivity index (χ1) is 13.4. The van der Waals surface area contributed by atoms with Gasteiger partial charge < -0.3 is 10.1 Å². The summed E-state index contributed by atoms with van der Waals surface area (Å²) in [6.07, 6.45) is -0.316. The number of ether oxygens (including phenoxy) is 1. The third-order valence-corrected chi connectivity index (χ3v) is 10.2. The van der Waals surface area contributed by atoms with Crippen molar-refractivity contribution in [3.63, 3.8) is 0 Å². The van der Waals surface area contributed by atoms with Crippen LogP contribution >= 0.6 is 11.3 Å². The van der Waals surface area contributed by atoms with Crippen molar-refractivity contribution in [2.75, 3.05) is 6.54 Å². The minimum atomic E-state index is -4.32. The molecule has 9 nitrogen and oxygen atoms in total. The van der Waals surface area contributed by atoms with Gasteiger partial charge in [-0.1, -0.05) is 13.8 Å². The van der Waals surface area contributed by atoms with Gasteiger partial charge in [-0.15, -0.1) is 11.3 Å². The van der Waals surface area contributed by atoms with Crippen molar-refractivity contribution in [2.45, 2.75) is 72.8 Å². The third kappa shape index (κ3) is 5.16. The number of esters is 1. The second-order valence-corrected chi connectivity index (χ2v) is 12.4. The van der Waals surface area contributed by atoms with Crippen LogP contribution in [0.25, 0.3) is 0 Å². The summed E-state index contributed by atoms with van der Waals surface area (Å²) < 4.78 is 57.1. The maximum absolute atomic E-state index is 12.7. The number of fused-ring (bicyclic) bond motifs is 1. The van der Waals surface area contributed by atoms with Crippen molar-refractivity contribution in [3.8, 4) is 0 Å². The SMILES string of the molecule is CCCC(=O)OC(C)C(=O)NS(=O)(=O)c1cc2c(s1)S(=O)(=O)[C@@H](C)C[C@@H]2NCC. The van der Waals surface area contributed by atoms with Gasteiger partial charge in [0.2, 0.25) is 0 Å². The average molecular weight is 467 g/mol. The molecule has 3 atom stereocenters. The maximum atomic E-state index is 12.7. The summed E-state index contributed by atoms with van der Waals surface area (Å²) in [6, 6.07) is 0.999. The fraction of sp³-hybridized carbons (Fsp3) is 0.647. The van der Waals surface area contributed by atoms with Gasteiger partial charge in [-0.3, -0.25) is 9.59 Å². The zero-order chi connectivity index (χ0) is 22.0. The normalized spacial score (nSPS) is 21.8. The van der Waals surface area contributed by atoms with Gasteiger partial charge in [0.15, 0.2) is 15.9 Å². The zero-order valence-electron chi connectivity index (χ0n) is 16.7. The molecule has 0 spiro atoms. The van der Waals surface area contributed by atoms with Crippen molar-refractivity contribution < 1.29 is 31.2 Å². The second kappa shape index (κ2) is 9.11. The van der Waals surface area contributed by atoms with E-state index in [-0.39, 0.29) is 20.9 Å². The molecule has 0 saturated heterocycles. The van der Waals surface area contributed by atoms with E-state index in [0.717, 1.165) is 0 Å². The predicted molar refractivity (Wildman–Crippen MR) is 108 cm³/mol. The van der Waals surface area contributed by atoms with E-state index in [2.05, 4.69) is 5.32 Å². The summed E-state index contributed by atoms with van der Waals surface area (Å²) in [7, 11) is -7.96. The van der Waals surface area contributed by atoms with Crippen LogP contribution in [0.3, 0.4) is 0 Å². The van der Waals surface area contributed by atoms with E-state index in [1.807, 2.05) is 11.6 Å². The molecule has 1 aromatic rings. The fourth-order valence-corrected chi connectivity index (χ4v) is 7.99. The first-order valence-electron chi connectivity index (χ1n) is 9.31. The Bertz CT molecular complexity index is 983. The third-order valence-electron chi connectivity index (χ3n) is 4.52. The minimum Gasteiger partial charge on any atom is -0.453 e. The van der Waals surface area contributed by atoms with Crippen molar-refractivity contribution in [2.24, 2.45) is 0 Å². The number of nitrogens with one attached hydrogen (secondary N) is 2. The van der Waals surface area contributed by atoms with Crippen LogP contribution in [-0.2, 0) is 34.2 Å². The molecule has 2 heterocycles. The van der Waals surface area contributed by atoms with Crippen LogP contribution in [0.1, 0.15) is 58.6 Å². The molecule has 1 unspecified atom stereocenters. The number of sulfone groups is 1. The number of amides is 1. The topological polar surface area (TPSA) is 136 Å². The molecule has 164 valence electrons. The van der Waals surface area contributed by atoms with Gasteiger partial charge in [0.05, 0.1) is 5.25 Å². The lowest BCUT2D eigenvalue weighted by Crippen LogP contribution is -2.39. The molecule has 0 fully saturated rings. The van der Waals surface area contributed by atoms with Gasteiger partial charge in [-0.05, 0) is 39.3 Å². The van der Waals surface area contributed by atoms with Crippen LogP contribution in [0, 0.1) is 0 Å². The van der Waals surface area contributed by atoms with Crippen LogP contribution in [0.5, 0.6) is 0 Å². The Morgan fingerprint density at radius 1 is 1.34 bits per heavy atom. The quantitative estimate of drug-likeness (QED) is 0.550. The monoisotopic (exact) mass is 466 g/mol. The van der Waals surface area contributed by atoms with Crippen LogP contribution in [0.4, 0.5) is 0 Å². The highest BCUT2D eigenvalue weighted by Gasteiger charge is 2.40. The minimum absolute atomic E-state index is 0.00236. The molecular weight excluding hydrogens is 440 g/mol. The summed E-state index contributed by atoms with van der Waals surface area (Å²) in [5.41, 5.74) is 0.394. The number of carbonyl (C=O) groups excluding carboxylic acids is 2. The van der Waals surface area contributed by atoms with Crippen molar-refractivity contribution in [1.82, 2.24) is 10.0 Å².